The molecule has 0 spiro atoms. The minimum Gasteiger partial charge on any atom is -0.478 e. The molecule has 16 heteroatoms. The zero-order chi connectivity index (χ0) is 62.6. The number of carboxylic acids is 1. The molecule has 0 aliphatic carbocycles. The van der Waals surface area contributed by atoms with E-state index < -0.39 is 54.0 Å². The number of hydroxylamine groups is 1. The van der Waals surface area contributed by atoms with Crippen LogP contribution in [0.25, 0.3) is 0 Å². The van der Waals surface area contributed by atoms with E-state index >= 15 is 0 Å². The van der Waals surface area contributed by atoms with Gasteiger partial charge < -0.3 is 35.4 Å². The van der Waals surface area contributed by atoms with Crippen LogP contribution in [0.2, 0.25) is 0 Å². The number of carboxylic acid groups (broad SMARTS) is 1. The number of hydrogen-bond donors (Lipinski definition) is 7. The second-order valence-electron chi connectivity index (χ2n) is 17.8. The summed E-state index contributed by atoms with van der Waals surface area (Å²) in [6.07, 6.45) is 2.88. The number of hydrogen-bond acceptors (Lipinski definition) is 11. The molecule has 7 N–H and O–H groups in total. The third kappa shape index (κ3) is 24.9. The third-order valence-electron chi connectivity index (χ3n) is 11.4. The van der Waals surface area contributed by atoms with E-state index in [9.17, 15) is 39.0 Å². The van der Waals surface area contributed by atoms with Crippen molar-refractivity contribution in [1.82, 2.24) is 16.1 Å². The summed E-state index contributed by atoms with van der Waals surface area (Å²) in [6.45, 7) is 2.74. The fourth-order valence-corrected chi connectivity index (χ4v) is 7.13. The minimum absolute atomic E-state index is 0.273. The average molecular weight is 1260 g/mol. The maximum absolute atomic E-state index is 12.2. The first-order valence-corrected chi connectivity index (χ1v) is 27.1. The van der Waals surface area contributed by atoms with Gasteiger partial charge in [0, 0.05) is 53.6 Å². The highest BCUT2D eigenvalue weighted by molar-refractivity contribution is 14.1. The van der Waals surface area contributed by atoms with Gasteiger partial charge in [-0.25, -0.2) is 19.9 Å². The third-order valence-corrected chi connectivity index (χ3v) is 12.1. The minimum atomic E-state index is -1.25. The highest BCUT2D eigenvalue weighted by Gasteiger charge is 2.27. The van der Waals surface area contributed by atoms with Gasteiger partial charge in [0.25, 0.3) is 17.7 Å². The predicted molar refractivity (Wildman–Crippen MR) is 336 cm³/mol. The van der Waals surface area contributed by atoms with Crippen molar-refractivity contribution in [2.24, 2.45) is 0 Å². The molecule has 3 amide bonds. The largest absolute Gasteiger partial charge is 0.478 e. The molecular weight excluding hydrogens is 1200 g/mol. The van der Waals surface area contributed by atoms with E-state index in [1.807, 2.05) is 133 Å². The Morgan fingerprint density at radius 1 is 0.430 bits per heavy atom. The molecule has 0 heterocycles. The van der Waals surface area contributed by atoms with Crippen molar-refractivity contribution in [3.05, 3.63) is 283 Å². The number of benzene rings is 8. The monoisotopic (exact) mass is 1260 g/mol. The number of nitrogens with one attached hydrogen (secondary N) is 3. The van der Waals surface area contributed by atoms with E-state index in [4.69, 9.17) is 16.7 Å². The SMILES string of the molecule is C#Cc1ccccc1.COC(=O)[C@@H](NC(=O)c1ccc(C#Cc2ccccc2)cc1)[C@@H](C)O.COC(=O)c1ccc(I)cc1.C[C@@H](O)[C@H](NC(=O)c1ccc(C#Cc2ccccc2)cc1)C(=O)NO.O=C(O)c1ccc(C#Cc2ccccc2)cc1. The van der Waals surface area contributed by atoms with Crippen LogP contribution in [0.4, 0.5) is 0 Å². The van der Waals surface area contributed by atoms with Gasteiger partial charge >= 0.3 is 17.9 Å². The Hall–Kier alpha value is -10.6. The number of carbonyl (C=O) groups excluding carboxylic acids is 5. The molecule has 0 radical (unpaired) electrons. The van der Waals surface area contributed by atoms with Crippen LogP contribution in [-0.4, -0.2) is 94.7 Å². The highest BCUT2D eigenvalue weighted by Crippen LogP contribution is 2.10. The Balaban J connectivity index is 0.000000243. The van der Waals surface area contributed by atoms with Crippen molar-refractivity contribution in [1.29, 1.82) is 0 Å². The number of aromatic carboxylic acids is 1. The predicted octanol–water partition coefficient (Wildman–Crippen LogP) is 9.34. The van der Waals surface area contributed by atoms with Gasteiger partial charge in [0.05, 0.1) is 37.6 Å². The Labute approximate surface area is 513 Å². The number of aliphatic hydroxyl groups excluding tert-OH is 2. The van der Waals surface area contributed by atoms with Crippen LogP contribution in [0.3, 0.4) is 0 Å². The number of esters is 2. The maximum atomic E-state index is 12.2. The number of halogens is 1. The van der Waals surface area contributed by atoms with Gasteiger partial charge in [-0.15, -0.1) is 6.42 Å². The van der Waals surface area contributed by atoms with Gasteiger partial charge in [0.1, 0.15) is 6.04 Å². The molecule has 0 aromatic heterocycles. The average Bonchev–Trinajstić information content (AvgIpc) is 3.72. The van der Waals surface area contributed by atoms with Crippen molar-refractivity contribution in [2.45, 2.75) is 38.1 Å². The van der Waals surface area contributed by atoms with E-state index in [-0.39, 0.29) is 11.5 Å². The summed E-state index contributed by atoms with van der Waals surface area (Å²) < 4.78 is 10.2. The van der Waals surface area contributed by atoms with Gasteiger partial charge in [-0.2, -0.15) is 0 Å². The van der Waals surface area contributed by atoms with Gasteiger partial charge in [0.2, 0.25) is 0 Å². The van der Waals surface area contributed by atoms with Crippen molar-refractivity contribution in [2.75, 3.05) is 14.2 Å². The Bertz CT molecular complexity index is 3550. The van der Waals surface area contributed by atoms with Crippen molar-refractivity contribution < 1.29 is 58.8 Å². The van der Waals surface area contributed by atoms with Crippen LogP contribution in [-0.2, 0) is 19.1 Å². The molecule has 8 aromatic rings. The molecule has 0 fully saturated rings. The van der Waals surface area contributed by atoms with Gasteiger partial charge in [-0.1, -0.05) is 114 Å². The van der Waals surface area contributed by atoms with Crippen LogP contribution in [0.5, 0.6) is 0 Å². The second kappa shape index (κ2) is 37.5. The molecule has 0 aliphatic heterocycles. The zero-order valence-electron chi connectivity index (χ0n) is 47.1. The number of terminal acetylenes is 1. The highest BCUT2D eigenvalue weighted by atomic mass is 127. The van der Waals surface area contributed by atoms with Gasteiger partial charge in [0.15, 0.2) is 6.04 Å². The summed E-state index contributed by atoms with van der Waals surface area (Å²) in [5.74, 6) is 16.8. The second-order valence-corrected chi connectivity index (χ2v) is 19.0. The summed E-state index contributed by atoms with van der Waals surface area (Å²) in [5, 5.41) is 41.3. The molecule has 0 unspecified atom stereocenters. The van der Waals surface area contributed by atoms with E-state index in [1.54, 1.807) is 84.9 Å². The van der Waals surface area contributed by atoms with E-state index in [0.717, 1.165) is 42.5 Å². The number of methoxy groups -OCH3 is 2. The molecule has 0 aliphatic rings. The molecule has 86 heavy (non-hydrogen) atoms. The molecule has 0 saturated carbocycles. The molecular formula is C70H60IN3O12. The summed E-state index contributed by atoms with van der Waals surface area (Å²) >= 11 is 2.18. The Morgan fingerprint density at radius 2 is 0.733 bits per heavy atom. The van der Waals surface area contributed by atoms with Crippen LogP contribution in [0.15, 0.2) is 218 Å². The van der Waals surface area contributed by atoms with E-state index in [2.05, 4.69) is 84.1 Å². The van der Waals surface area contributed by atoms with Gasteiger partial charge in [-0.05, 0) is 182 Å². The van der Waals surface area contributed by atoms with E-state index in [0.29, 0.717) is 16.7 Å². The van der Waals surface area contributed by atoms with Crippen LogP contribution < -0.4 is 16.1 Å². The molecule has 15 nitrogen and oxygen atoms in total. The van der Waals surface area contributed by atoms with Crippen molar-refractivity contribution >= 4 is 58.2 Å². The first-order valence-electron chi connectivity index (χ1n) is 26.0. The number of rotatable bonds is 10. The summed E-state index contributed by atoms with van der Waals surface area (Å²) in [7, 11) is 2.57. The van der Waals surface area contributed by atoms with E-state index in [1.165, 1.54) is 33.5 Å². The first-order chi connectivity index (χ1) is 41.4. The summed E-state index contributed by atoms with van der Waals surface area (Å²) in [4.78, 5) is 68.9. The number of ether oxygens (including phenoxy) is 2. The quantitative estimate of drug-likeness (QED) is 0.0223. The lowest BCUT2D eigenvalue weighted by Gasteiger charge is -2.19. The molecule has 434 valence electrons. The standard InChI is InChI=1S/C20H19NO4.C19H18N2O4.C15H10O2.C8H7IO2.C8H6/c1-14(22)18(20(24)25-2)21-19(23)17-12-10-16(11-13-17)9-8-15-6-4-3-5-7-15;1-13(22)17(19(24)21-25)20-18(23)16-11-9-15(10-12-16)8-7-14-5-3-2-4-6-14;16-15(17)14-10-8-13(9-11-14)7-6-12-4-2-1-3-5-12;1-11-8(10)6-2-4-7(9)5-3-6;1-2-8-6-4-3-5-7-8/h3-7,10-14,18,22H,1-2H3,(H,21,23);2-6,9-13,17,22,25H,1H3,(H,20,23)(H,21,24);1-5,8-11H,(H,16,17);2-5H,1H3;1,3-7H/t14-,18+;13-,17+;;;/m11.../s1. The maximum Gasteiger partial charge on any atom is 0.337 e. The topological polar surface area (TPSA) is 238 Å². The summed E-state index contributed by atoms with van der Waals surface area (Å²) in [6, 6.07) is 62.9. The molecule has 0 saturated heterocycles. The molecule has 4 atom stereocenters. The lowest BCUT2D eigenvalue weighted by molar-refractivity contribution is -0.145. The smallest absolute Gasteiger partial charge is 0.337 e. The van der Waals surface area contributed by atoms with Crippen molar-refractivity contribution in [3.63, 3.8) is 0 Å². The number of amides is 3. The molecule has 0 bridgehead atoms. The first kappa shape index (κ1) is 67.9. The Morgan fingerprint density at radius 3 is 1.01 bits per heavy atom. The van der Waals surface area contributed by atoms with Gasteiger partial charge in [-0.3, -0.25) is 19.6 Å². The molecule has 8 rings (SSSR count). The fraction of sp³-hybridized carbons (Fsp3) is 0.114. The van der Waals surface area contributed by atoms with Crippen molar-refractivity contribution in [3.8, 4) is 47.9 Å². The summed E-state index contributed by atoms with van der Waals surface area (Å²) in [5.41, 5.74) is 8.92. The van der Waals surface area contributed by atoms with Crippen LogP contribution >= 0.6 is 22.6 Å². The molecule has 8 aromatic carbocycles. The lowest BCUT2D eigenvalue weighted by Crippen LogP contribution is -2.51. The normalized spacial score (nSPS) is 10.9. The lowest BCUT2D eigenvalue weighted by atomic mass is 10.1. The number of carbonyl (C=O) groups is 6. The Kier molecular flexibility index (Phi) is 29.6. The van der Waals surface area contributed by atoms with Crippen LogP contribution in [0, 0.1) is 51.4 Å². The fourth-order valence-electron chi connectivity index (χ4n) is 6.77. The number of aliphatic hydroxyl groups is 2. The van der Waals surface area contributed by atoms with Crippen LogP contribution in [0.1, 0.15) is 94.2 Å². The zero-order valence-corrected chi connectivity index (χ0v) is 49.3.